The van der Waals surface area contributed by atoms with Gasteiger partial charge in [-0.15, -0.1) is 11.3 Å². The maximum atomic E-state index is 13.1. The highest BCUT2D eigenvalue weighted by Gasteiger charge is 2.30. The lowest BCUT2D eigenvalue weighted by atomic mass is 9.75. The van der Waals surface area contributed by atoms with E-state index in [2.05, 4.69) is 68.2 Å². The summed E-state index contributed by atoms with van der Waals surface area (Å²) in [6.45, 7) is 7.89. The molecule has 2 aliphatic rings. The molecule has 0 spiro atoms. The molecular formula is C37H46F3N7OS. The van der Waals surface area contributed by atoms with Crippen molar-refractivity contribution in [2.45, 2.75) is 96.9 Å². The highest BCUT2D eigenvalue weighted by atomic mass is 32.1. The highest BCUT2D eigenvalue weighted by Crippen LogP contribution is 2.38. The van der Waals surface area contributed by atoms with Gasteiger partial charge in [0, 0.05) is 61.5 Å². The van der Waals surface area contributed by atoms with E-state index in [1.807, 2.05) is 0 Å². The van der Waals surface area contributed by atoms with E-state index < -0.39 is 12.6 Å². The van der Waals surface area contributed by atoms with E-state index in [1.165, 1.54) is 36.8 Å². The van der Waals surface area contributed by atoms with Crippen LogP contribution in [0.5, 0.6) is 0 Å². The Hall–Kier alpha value is -3.69. The number of likely N-dealkylation sites (tertiary alicyclic amines) is 1. The maximum absolute atomic E-state index is 13.1. The number of hydrogen-bond acceptors (Lipinski definition) is 8. The molecule has 262 valence electrons. The Kier molecular flexibility index (Phi) is 10.8. The summed E-state index contributed by atoms with van der Waals surface area (Å²) < 4.78 is 41.5. The molecule has 1 saturated carbocycles. The van der Waals surface area contributed by atoms with Crippen LogP contribution in [0.25, 0.3) is 21.1 Å². The van der Waals surface area contributed by atoms with E-state index in [4.69, 9.17) is 0 Å². The number of piperidine rings is 1. The standard InChI is InChI=1S/C37H46F3N7OS/c1-23(26-8-6-25(7-9-26)5-4-16-48)21-47-29(20-41)17-31-24(2)27(10-11-33(31)47)22-46-14-12-28(13-15-46)43-34-32-18-30(19-37(38,39)40)49-35(32)45-36(42-3)44-34/h10-11,16-18,23,25-26,28H,4-9,12-15,19,21-22H2,1-3H3,(H2,42,43,44,45)/t23-,25?,26?/m0/s1. The van der Waals surface area contributed by atoms with Crippen molar-refractivity contribution in [2.75, 3.05) is 30.8 Å². The second kappa shape index (κ2) is 15.1. The van der Waals surface area contributed by atoms with Gasteiger partial charge in [-0.05, 0) is 86.1 Å². The smallest absolute Gasteiger partial charge is 0.367 e. The third kappa shape index (κ3) is 8.21. The lowest BCUT2D eigenvalue weighted by Crippen LogP contribution is -2.39. The molecule has 6 rings (SSSR count). The Labute approximate surface area is 290 Å². The Morgan fingerprint density at radius 2 is 1.86 bits per heavy atom. The summed E-state index contributed by atoms with van der Waals surface area (Å²) >= 11 is 1.06. The van der Waals surface area contributed by atoms with Crippen LogP contribution < -0.4 is 10.6 Å². The number of nitrogens with zero attached hydrogens (tertiary/aromatic N) is 5. The third-order valence-corrected chi connectivity index (χ3v) is 11.8. The number of hydrogen-bond donors (Lipinski definition) is 2. The number of benzene rings is 1. The van der Waals surface area contributed by atoms with Crippen molar-refractivity contribution in [3.8, 4) is 6.07 Å². The number of aromatic nitrogens is 3. The molecule has 0 unspecified atom stereocenters. The molecule has 1 atom stereocenters. The van der Waals surface area contributed by atoms with Gasteiger partial charge in [0.25, 0.3) is 0 Å². The molecule has 1 aliphatic heterocycles. The first-order valence-corrected chi connectivity index (χ1v) is 18.4. The van der Waals surface area contributed by atoms with E-state index >= 15 is 0 Å². The zero-order valence-electron chi connectivity index (χ0n) is 28.6. The summed E-state index contributed by atoms with van der Waals surface area (Å²) in [5.74, 6) is 2.74. The van der Waals surface area contributed by atoms with Gasteiger partial charge < -0.3 is 20.0 Å². The second-order valence-corrected chi connectivity index (χ2v) is 15.2. The Balaban J connectivity index is 1.09. The minimum absolute atomic E-state index is 0.147. The number of carbonyl (C=O) groups is 1. The Morgan fingerprint density at radius 1 is 1.10 bits per heavy atom. The number of anilines is 2. The Bertz CT molecular complexity index is 1810. The normalized spacial score (nSPS) is 20.0. The molecule has 4 heterocycles. The van der Waals surface area contributed by atoms with Gasteiger partial charge in [0.15, 0.2) is 0 Å². The van der Waals surface area contributed by atoms with Gasteiger partial charge in [0.1, 0.15) is 28.7 Å². The quantitative estimate of drug-likeness (QED) is 0.144. The summed E-state index contributed by atoms with van der Waals surface area (Å²) in [4.78, 5) is 23.0. The molecule has 0 bridgehead atoms. The first-order valence-electron chi connectivity index (χ1n) is 17.5. The minimum Gasteiger partial charge on any atom is -0.367 e. The average Bonchev–Trinajstić information content (AvgIpc) is 3.65. The molecule has 3 aromatic heterocycles. The van der Waals surface area contributed by atoms with Crippen molar-refractivity contribution in [1.82, 2.24) is 19.4 Å². The van der Waals surface area contributed by atoms with Crippen molar-refractivity contribution in [2.24, 2.45) is 17.8 Å². The fourth-order valence-electron chi connectivity index (χ4n) is 7.92. The molecule has 2 N–H and O–H groups in total. The second-order valence-electron chi connectivity index (χ2n) is 14.1. The van der Waals surface area contributed by atoms with E-state index in [0.717, 1.165) is 74.0 Å². The number of alkyl halides is 3. The first-order chi connectivity index (χ1) is 23.5. The third-order valence-electron chi connectivity index (χ3n) is 10.8. The van der Waals surface area contributed by atoms with Crippen LogP contribution in [0.4, 0.5) is 24.9 Å². The van der Waals surface area contributed by atoms with Gasteiger partial charge in [-0.3, -0.25) is 4.90 Å². The number of rotatable bonds is 12. The average molecular weight is 694 g/mol. The molecule has 1 aromatic carbocycles. The lowest BCUT2D eigenvalue weighted by Gasteiger charge is -2.33. The van der Waals surface area contributed by atoms with E-state index in [1.54, 1.807) is 13.1 Å². The van der Waals surface area contributed by atoms with Crippen LogP contribution in [0.1, 0.15) is 80.0 Å². The largest absolute Gasteiger partial charge is 0.393 e. The van der Waals surface area contributed by atoms with Gasteiger partial charge in [0.05, 0.1) is 11.8 Å². The summed E-state index contributed by atoms with van der Waals surface area (Å²) in [5, 5.41) is 18.3. The molecule has 1 saturated heterocycles. The predicted molar refractivity (Wildman–Crippen MR) is 190 cm³/mol. The van der Waals surface area contributed by atoms with E-state index in [-0.39, 0.29) is 10.9 Å². The molecule has 12 heteroatoms. The van der Waals surface area contributed by atoms with Crippen molar-refractivity contribution in [1.29, 1.82) is 5.26 Å². The molecule has 1 aliphatic carbocycles. The van der Waals surface area contributed by atoms with E-state index in [0.29, 0.717) is 51.9 Å². The molecular weight excluding hydrogens is 648 g/mol. The SMILES string of the molecule is CNc1nc(NC2CCN(Cc3ccc4c(cc(C#N)n4C[C@H](C)C4CCC(CCC=O)CC4)c3C)CC2)c2cc(CC(F)(F)F)sc2n1. The van der Waals surface area contributed by atoms with Gasteiger partial charge in [-0.25, -0.2) is 4.98 Å². The summed E-state index contributed by atoms with van der Waals surface area (Å²) in [7, 11) is 1.70. The van der Waals surface area contributed by atoms with Gasteiger partial charge >= 0.3 is 6.18 Å². The molecule has 0 amide bonds. The number of aryl methyl sites for hydroxylation is 1. The molecule has 49 heavy (non-hydrogen) atoms. The molecule has 8 nitrogen and oxygen atoms in total. The summed E-state index contributed by atoms with van der Waals surface area (Å²) in [6, 6.07) is 10.6. The number of nitriles is 1. The Morgan fingerprint density at radius 3 is 2.53 bits per heavy atom. The van der Waals surface area contributed by atoms with Crippen LogP contribution in [-0.2, 0) is 24.3 Å². The number of fused-ring (bicyclic) bond motifs is 2. The number of aldehydes is 1. The van der Waals surface area contributed by atoms with Crippen molar-refractivity contribution in [3.05, 3.63) is 46.0 Å². The van der Waals surface area contributed by atoms with Crippen LogP contribution >= 0.6 is 11.3 Å². The van der Waals surface area contributed by atoms with Crippen LogP contribution in [0, 0.1) is 36.0 Å². The van der Waals surface area contributed by atoms with Crippen LogP contribution in [-0.4, -0.2) is 58.1 Å². The fraction of sp³-hybridized carbons (Fsp3) is 0.568. The summed E-state index contributed by atoms with van der Waals surface area (Å²) in [5.41, 5.74) is 4.31. The van der Waals surface area contributed by atoms with Gasteiger partial charge in [-0.1, -0.05) is 25.8 Å². The van der Waals surface area contributed by atoms with E-state index in [9.17, 15) is 23.2 Å². The predicted octanol–water partition coefficient (Wildman–Crippen LogP) is 8.47. The van der Waals surface area contributed by atoms with Gasteiger partial charge in [-0.2, -0.15) is 23.4 Å². The molecule has 2 fully saturated rings. The number of halogens is 3. The topological polar surface area (TPSA) is 98.9 Å². The lowest BCUT2D eigenvalue weighted by molar-refractivity contribution is -0.126. The van der Waals surface area contributed by atoms with Crippen LogP contribution in [0.3, 0.4) is 0 Å². The summed E-state index contributed by atoms with van der Waals surface area (Å²) in [6.07, 6.45) is 4.01. The van der Waals surface area contributed by atoms with Gasteiger partial charge in [0.2, 0.25) is 5.95 Å². The zero-order chi connectivity index (χ0) is 34.7. The first kappa shape index (κ1) is 35.1. The number of carbonyl (C=O) groups excluding carboxylic acids is 1. The number of thiophene rings is 1. The van der Waals surface area contributed by atoms with Crippen LogP contribution in [0.15, 0.2) is 24.3 Å². The van der Waals surface area contributed by atoms with Crippen LogP contribution in [0.2, 0.25) is 0 Å². The van der Waals surface area contributed by atoms with Crippen molar-refractivity contribution < 1.29 is 18.0 Å². The number of nitrogens with one attached hydrogen (secondary N) is 2. The zero-order valence-corrected chi connectivity index (χ0v) is 29.4. The van der Waals surface area contributed by atoms with Crippen molar-refractivity contribution >= 4 is 50.5 Å². The minimum atomic E-state index is -4.27. The maximum Gasteiger partial charge on any atom is 0.393 e. The highest BCUT2D eigenvalue weighted by molar-refractivity contribution is 7.18. The fourth-order valence-corrected chi connectivity index (χ4v) is 8.97. The monoisotopic (exact) mass is 693 g/mol. The molecule has 0 radical (unpaired) electrons. The van der Waals surface area contributed by atoms with Crippen molar-refractivity contribution in [3.63, 3.8) is 0 Å². The molecule has 4 aromatic rings.